The van der Waals surface area contributed by atoms with Crippen LogP contribution < -0.4 is 10.6 Å². The third-order valence-electron chi connectivity index (χ3n) is 5.07. The maximum atomic E-state index is 6.21. The molecule has 1 atom stereocenters. The summed E-state index contributed by atoms with van der Waals surface area (Å²) in [4.78, 5) is 11.8. The number of anilines is 3. The minimum Gasteiger partial charge on any atom is -0.365 e. The van der Waals surface area contributed by atoms with Gasteiger partial charge >= 0.3 is 0 Å². The number of hydrogen-bond acceptors (Lipinski definition) is 5. The van der Waals surface area contributed by atoms with E-state index in [0.717, 1.165) is 48.5 Å². The second-order valence-corrected chi connectivity index (χ2v) is 8.53. The Morgan fingerprint density at radius 3 is 2.53 bits per heavy atom. The number of nitrogens with one attached hydrogen (secondary N) is 2. The van der Waals surface area contributed by atoms with E-state index in [1.54, 1.807) is 18.2 Å². The van der Waals surface area contributed by atoms with Gasteiger partial charge in [0.25, 0.3) is 0 Å². The first-order chi connectivity index (χ1) is 14.0. The van der Waals surface area contributed by atoms with Gasteiger partial charge in [0.15, 0.2) is 0 Å². The van der Waals surface area contributed by atoms with Crippen LogP contribution in [-0.2, 0) is 0 Å². The summed E-state index contributed by atoms with van der Waals surface area (Å²) < 4.78 is 0. The second-order valence-electron chi connectivity index (χ2n) is 7.22. The van der Waals surface area contributed by atoms with Crippen molar-refractivity contribution in [2.45, 2.75) is 25.8 Å². The lowest BCUT2D eigenvalue weighted by molar-refractivity contribution is 0.226. The summed E-state index contributed by atoms with van der Waals surface area (Å²) in [5.74, 6) is 1.26. The van der Waals surface area contributed by atoms with Crippen molar-refractivity contribution >= 4 is 75.6 Å². The van der Waals surface area contributed by atoms with Crippen LogP contribution in [0.1, 0.15) is 19.8 Å². The van der Waals surface area contributed by atoms with Gasteiger partial charge in [0.1, 0.15) is 5.82 Å². The molecule has 0 spiro atoms. The van der Waals surface area contributed by atoms with Crippen molar-refractivity contribution in [2.24, 2.45) is 0 Å². The number of aromatic nitrogens is 2. The second kappa shape index (κ2) is 10.2. The summed E-state index contributed by atoms with van der Waals surface area (Å²) >= 11 is 18.5. The summed E-state index contributed by atoms with van der Waals surface area (Å²) in [5, 5.41) is 9.50. The van der Waals surface area contributed by atoms with Crippen molar-refractivity contribution in [1.82, 2.24) is 14.9 Å². The number of halogens is 4. The molecule has 2 aromatic carbocycles. The van der Waals surface area contributed by atoms with Crippen molar-refractivity contribution in [2.75, 3.05) is 30.3 Å². The molecule has 2 heterocycles. The number of nitrogens with zero attached hydrogens (tertiary/aromatic N) is 3. The Labute approximate surface area is 197 Å². The quantitative estimate of drug-likeness (QED) is 0.422. The fourth-order valence-corrected chi connectivity index (χ4v) is 4.37. The zero-order valence-electron chi connectivity index (χ0n) is 16.5. The van der Waals surface area contributed by atoms with Gasteiger partial charge in [0, 0.05) is 38.7 Å². The number of piperidine rings is 1. The molecule has 3 aromatic rings. The number of likely N-dealkylation sites (N-methyl/N-ethyl adjacent to an activating group) is 1. The normalized spacial score (nSPS) is 16.9. The highest BCUT2D eigenvalue weighted by Crippen LogP contribution is 2.29. The zero-order valence-corrected chi connectivity index (χ0v) is 19.5. The summed E-state index contributed by atoms with van der Waals surface area (Å²) in [6.45, 7) is 5.41. The highest BCUT2D eigenvalue weighted by Gasteiger charge is 2.20. The van der Waals surface area contributed by atoms with Crippen molar-refractivity contribution in [3.05, 3.63) is 51.5 Å². The van der Waals surface area contributed by atoms with Crippen LogP contribution in [0.2, 0.25) is 15.1 Å². The molecule has 1 unspecified atom stereocenters. The minimum absolute atomic E-state index is 0. The third-order valence-corrected chi connectivity index (χ3v) is 5.74. The average Bonchev–Trinajstić information content (AvgIpc) is 2.67. The Balaban J connectivity index is 0.00000256. The molecule has 9 heteroatoms. The SMILES string of the molecule is CCN1CCCC(Nc2nc(Nc3cc(Cl)cc(Cl)c3)nc3cc(Cl)ccc23)C1.Cl. The van der Waals surface area contributed by atoms with Crippen molar-refractivity contribution in [1.29, 1.82) is 0 Å². The molecule has 0 amide bonds. The van der Waals surface area contributed by atoms with Gasteiger partial charge in [-0.05, 0) is 62.3 Å². The Morgan fingerprint density at radius 1 is 1.03 bits per heavy atom. The van der Waals surface area contributed by atoms with Crippen LogP contribution in [0, 0.1) is 0 Å². The molecule has 0 radical (unpaired) electrons. The van der Waals surface area contributed by atoms with Crippen LogP contribution in [0.3, 0.4) is 0 Å². The van der Waals surface area contributed by atoms with Gasteiger partial charge in [0.2, 0.25) is 5.95 Å². The van der Waals surface area contributed by atoms with Crippen molar-refractivity contribution in [3.8, 4) is 0 Å². The van der Waals surface area contributed by atoms with E-state index in [1.165, 1.54) is 6.42 Å². The van der Waals surface area contributed by atoms with Gasteiger partial charge < -0.3 is 15.5 Å². The number of likely N-dealkylation sites (tertiary alicyclic amines) is 1. The zero-order chi connectivity index (χ0) is 20.4. The van der Waals surface area contributed by atoms with Gasteiger partial charge in [-0.1, -0.05) is 41.7 Å². The molecule has 5 nitrogen and oxygen atoms in total. The van der Waals surface area contributed by atoms with Gasteiger partial charge in [0.05, 0.1) is 5.52 Å². The molecule has 1 fully saturated rings. The molecular weight excluding hydrogens is 464 g/mol. The molecule has 0 bridgehead atoms. The molecule has 0 saturated carbocycles. The third kappa shape index (κ3) is 5.59. The molecule has 4 rings (SSSR count). The molecule has 1 saturated heterocycles. The molecule has 30 heavy (non-hydrogen) atoms. The van der Waals surface area contributed by atoms with Crippen molar-refractivity contribution < 1.29 is 0 Å². The Kier molecular flexibility index (Phi) is 7.88. The maximum absolute atomic E-state index is 6.21. The fourth-order valence-electron chi connectivity index (χ4n) is 3.68. The van der Waals surface area contributed by atoms with Crippen LogP contribution in [0.5, 0.6) is 0 Å². The monoisotopic (exact) mass is 485 g/mol. The van der Waals surface area contributed by atoms with E-state index in [-0.39, 0.29) is 12.4 Å². The minimum atomic E-state index is 0. The van der Waals surface area contributed by atoms with E-state index in [9.17, 15) is 0 Å². The number of benzene rings is 2. The summed E-state index contributed by atoms with van der Waals surface area (Å²) in [5.41, 5.74) is 1.50. The van der Waals surface area contributed by atoms with E-state index in [0.29, 0.717) is 27.1 Å². The fraction of sp³-hybridized carbons (Fsp3) is 0.333. The van der Waals surface area contributed by atoms with Crippen LogP contribution >= 0.6 is 47.2 Å². The van der Waals surface area contributed by atoms with Gasteiger partial charge in [-0.15, -0.1) is 12.4 Å². The topological polar surface area (TPSA) is 53.1 Å². The van der Waals surface area contributed by atoms with Gasteiger partial charge in [-0.3, -0.25) is 0 Å². The summed E-state index contributed by atoms with van der Waals surface area (Å²) in [6, 6.07) is 11.3. The smallest absolute Gasteiger partial charge is 0.229 e. The van der Waals surface area contributed by atoms with Crippen LogP contribution in [-0.4, -0.2) is 40.5 Å². The maximum Gasteiger partial charge on any atom is 0.229 e. The lowest BCUT2D eigenvalue weighted by Gasteiger charge is -2.32. The van der Waals surface area contributed by atoms with Gasteiger partial charge in [-0.2, -0.15) is 4.98 Å². The van der Waals surface area contributed by atoms with Crippen LogP contribution in [0.25, 0.3) is 10.9 Å². The average molecular weight is 487 g/mol. The molecule has 1 aromatic heterocycles. The van der Waals surface area contributed by atoms with Crippen LogP contribution in [0.4, 0.5) is 17.5 Å². The Bertz CT molecular complexity index is 1010. The van der Waals surface area contributed by atoms with E-state index in [4.69, 9.17) is 39.8 Å². The molecular formula is C21H23Cl4N5. The largest absolute Gasteiger partial charge is 0.365 e. The van der Waals surface area contributed by atoms with Crippen molar-refractivity contribution in [3.63, 3.8) is 0 Å². The van der Waals surface area contributed by atoms with E-state index in [2.05, 4.69) is 27.4 Å². The number of hydrogen-bond donors (Lipinski definition) is 2. The standard InChI is InChI=1S/C21H22Cl3N5.ClH/c1-2-29-7-3-4-16(12-29)25-20-18-6-5-13(22)11-19(18)27-21(28-20)26-17-9-14(23)8-15(24)10-17;/h5-6,8-11,16H,2-4,7,12H2,1H3,(H2,25,26,27,28);1H. The first kappa shape index (κ1) is 23.2. The molecule has 1 aliphatic rings. The molecule has 1 aliphatic heterocycles. The lowest BCUT2D eigenvalue weighted by Crippen LogP contribution is -2.42. The van der Waals surface area contributed by atoms with E-state index in [1.807, 2.05) is 18.2 Å². The summed E-state index contributed by atoms with van der Waals surface area (Å²) in [6.07, 6.45) is 2.29. The summed E-state index contributed by atoms with van der Waals surface area (Å²) in [7, 11) is 0. The Hall–Kier alpha value is -1.50. The number of rotatable bonds is 5. The predicted molar refractivity (Wildman–Crippen MR) is 130 cm³/mol. The lowest BCUT2D eigenvalue weighted by atomic mass is 10.1. The predicted octanol–water partition coefficient (Wildman–Crippen LogP) is 6.65. The highest BCUT2D eigenvalue weighted by atomic mass is 35.5. The molecule has 160 valence electrons. The van der Waals surface area contributed by atoms with Gasteiger partial charge in [-0.25, -0.2) is 4.98 Å². The number of fused-ring (bicyclic) bond motifs is 1. The van der Waals surface area contributed by atoms with E-state index >= 15 is 0 Å². The molecule has 2 N–H and O–H groups in total. The van der Waals surface area contributed by atoms with E-state index < -0.39 is 0 Å². The first-order valence-electron chi connectivity index (χ1n) is 9.69. The Morgan fingerprint density at radius 2 is 1.80 bits per heavy atom. The molecule has 0 aliphatic carbocycles. The van der Waals surface area contributed by atoms with Crippen LogP contribution in [0.15, 0.2) is 36.4 Å². The highest BCUT2D eigenvalue weighted by molar-refractivity contribution is 6.35. The first-order valence-corrected chi connectivity index (χ1v) is 10.8.